The van der Waals surface area contributed by atoms with Gasteiger partial charge in [0.1, 0.15) is 0 Å². The lowest BCUT2D eigenvalue weighted by Crippen LogP contribution is -2.26. The van der Waals surface area contributed by atoms with Gasteiger partial charge in [0.25, 0.3) is 5.91 Å². The van der Waals surface area contributed by atoms with Gasteiger partial charge in [-0.1, -0.05) is 17.9 Å². The molecule has 0 bridgehead atoms. The summed E-state index contributed by atoms with van der Waals surface area (Å²) in [5.41, 5.74) is 2.34. The van der Waals surface area contributed by atoms with Crippen LogP contribution in [0.3, 0.4) is 0 Å². The van der Waals surface area contributed by atoms with Gasteiger partial charge in [-0.2, -0.15) is 0 Å². The van der Waals surface area contributed by atoms with Gasteiger partial charge in [-0.3, -0.25) is 4.79 Å². The fourth-order valence-corrected chi connectivity index (χ4v) is 1.68. The third kappa shape index (κ3) is 5.43. The highest BCUT2D eigenvalue weighted by Crippen LogP contribution is 2.10. The highest BCUT2D eigenvalue weighted by atomic mass is 16.5. The summed E-state index contributed by atoms with van der Waals surface area (Å²) in [6.07, 6.45) is 1.23. The number of carbonyl (C=O) groups is 1. The van der Waals surface area contributed by atoms with Gasteiger partial charge in [-0.15, -0.1) is 0 Å². The van der Waals surface area contributed by atoms with Crippen molar-refractivity contribution in [3.05, 3.63) is 34.9 Å². The first-order chi connectivity index (χ1) is 9.69. The maximum absolute atomic E-state index is 12.1. The summed E-state index contributed by atoms with van der Waals surface area (Å²) in [6.45, 7) is 3.17. The molecule has 108 valence electrons. The molecule has 0 aliphatic rings. The molecular formula is C16H21NO3. The standard InChI is InChI=1S/C16H21NO3/c1-13-7-8-14(6-3-4-10-18)12-15(13)16(19)17-9-5-11-20-2/h7-8,12,18H,4-5,9-11H2,1-2H3,(H,17,19). The second-order valence-electron chi connectivity index (χ2n) is 4.41. The fraction of sp³-hybridized carbons (Fsp3) is 0.438. The van der Waals surface area contributed by atoms with Crippen LogP contribution in [-0.2, 0) is 4.74 Å². The van der Waals surface area contributed by atoms with Gasteiger partial charge in [0.05, 0.1) is 6.61 Å². The first-order valence-corrected chi connectivity index (χ1v) is 6.66. The lowest BCUT2D eigenvalue weighted by Gasteiger charge is -2.08. The maximum Gasteiger partial charge on any atom is 0.251 e. The van der Waals surface area contributed by atoms with Crippen LogP contribution in [0.15, 0.2) is 18.2 Å². The third-order valence-electron chi connectivity index (χ3n) is 2.76. The molecule has 1 amide bonds. The number of carbonyl (C=O) groups excluding carboxylic acids is 1. The number of hydrogen-bond acceptors (Lipinski definition) is 3. The van der Waals surface area contributed by atoms with Crippen molar-refractivity contribution in [2.24, 2.45) is 0 Å². The number of aliphatic hydroxyl groups excluding tert-OH is 1. The topological polar surface area (TPSA) is 58.6 Å². The van der Waals surface area contributed by atoms with Crippen molar-refractivity contribution in [2.45, 2.75) is 19.8 Å². The summed E-state index contributed by atoms with van der Waals surface area (Å²) in [6, 6.07) is 5.54. The Morgan fingerprint density at radius 2 is 2.25 bits per heavy atom. The normalized spacial score (nSPS) is 9.75. The van der Waals surface area contributed by atoms with E-state index in [-0.39, 0.29) is 12.5 Å². The molecule has 2 N–H and O–H groups in total. The first kappa shape index (κ1) is 16.2. The number of hydrogen-bond donors (Lipinski definition) is 2. The molecule has 0 aliphatic heterocycles. The molecule has 20 heavy (non-hydrogen) atoms. The monoisotopic (exact) mass is 275 g/mol. The van der Waals surface area contributed by atoms with Crippen LogP contribution >= 0.6 is 0 Å². The summed E-state index contributed by atoms with van der Waals surface area (Å²) in [5, 5.41) is 11.6. The Morgan fingerprint density at radius 3 is 2.95 bits per heavy atom. The van der Waals surface area contributed by atoms with Crippen LogP contribution in [0, 0.1) is 18.8 Å². The second kappa shape index (κ2) is 9.13. The first-order valence-electron chi connectivity index (χ1n) is 6.66. The van der Waals surface area contributed by atoms with E-state index in [1.54, 1.807) is 13.2 Å². The molecule has 0 saturated heterocycles. The summed E-state index contributed by atoms with van der Waals surface area (Å²) in [7, 11) is 1.64. The molecule has 0 fully saturated rings. The zero-order chi connectivity index (χ0) is 14.8. The summed E-state index contributed by atoms with van der Waals surface area (Å²) in [5.74, 6) is 5.69. The molecule has 1 aromatic rings. The van der Waals surface area contributed by atoms with Gasteiger partial charge in [0.15, 0.2) is 0 Å². The lowest BCUT2D eigenvalue weighted by atomic mass is 10.0. The highest BCUT2D eigenvalue weighted by Gasteiger charge is 2.08. The smallest absolute Gasteiger partial charge is 0.251 e. The molecule has 0 atom stereocenters. The molecule has 0 saturated carbocycles. The van der Waals surface area contributed by atoms with Gasteiger partial charge in [0, 0.05) is 37.8 Å². The van der Waals surface area contributed by atoms with Crippen molar-refractivity contribution < 1.29 is 14.6 Å². The minimum atomic E-state index is -0.0931. The van der Waals surface area contributed by atoms with Crippen molar-refractivity contribution in [3.8, 4) is 11.8 Å². The largest absolute Gasteiger partial charge is 0.395 e. The second-order valence-corrected chi connectivity index (χ2v) is 4.41. The average molecular weight is 275 g/mol. The van der Waals surface area contributed by atoms with Gasteiger partial charge in [0.2, 0.25) is 0 Å². The van der Waals surface area contributed by atoms with Crippen molar-refractivity contribution in [1.29, 1.82) is 0 Å². The average Bonchev–Trinajstić information content (AvgIpc) is 2.45. The van der Waals surface area contributed by atoms with E-state index < -0.39 is 0 Å². The van der Waals surface area contributed by atoms with Crippen LogP contribution in [0.4, 0.5) is 0 Å². The Kier molecular flexibility index (Phi) is 7.41. The van der Waals surface area contributed by atoms with E-state index in [0.717, 1.165) is 17.5 Å². The van der Waals surface area contributed by atoms with Crippen LogP contribution in [0.1, 0.15) is 34.3 Å². The Balaban J connectivity index is 2.71. The predicted octanol–water partition coefficient (Wildman–Crippen LogP) is 1.50. The Bertz CT molecular complexity index is 500. The molecule has 0 aromatic heterocycles. The van der Waals surface area contributed by atoms with Crippen LogP contribution in [0.2, 0.25) is 0 Å². The number of benzene rings is 1. The van der Waals surface area contributed by atoms with Crippen LogP contribution in [0.5, 0.6) is 0 Å². The van der Waals surface area contributed by atoms with Crippen molar-refractivity contribution in [3.63, 3.8) is 0 Å². The van der Waals surface area contributed by atoms with Crippen LogP contribution in [-0.4, -0.2) is 37.9 Å². The molecule has 0 spiro atoms. The number of rotatable bonds is 6. The number of nitrogens with one attached hydrogen (secondary N) is 1. The molecule has 4 heteroatoms. The molecule has 0 heterocycles. The minimum Gasteiger partial charge on any atom is -0.395 e. The summed E-state index contributed by atoms with van der Waals surface area (Å²) < 4.78 is 4.94. The van der Waals surface area contributed by atoms with Gasteiger partial charge >= 0.3 is 0 Å². The number of ether oxygens (including phenoxy) is 1. The Labute approximate surface area is 120 Å². The SMILES string of the molecule is COCCCNC(=O)c1cc(C#CCCO)ccc1C. The molecular weight excluding hydrogens is 254 g/mol. The van der Waals surface area contributed by atoms with Crippen LogP contribution < -0.4 is 5.32 Å². The number of aryl methyl sites for hydroxylation is 1. The van der Waals surface area contributed by atoms with Gasteiger partial charge in [-0.05, 0) is 31.0 Å². The predicted molar refractivity (Wildman–Crippen MR) is 78.6 cm³/mol. The quantitative estimate of drug-likeness (QED) is 0.611. The maximum atomic E-state index is 12.1. The van der Waals surface area contributed by atoms with E-state index in [2.05, 4.69) is 17.2 Å². The number of aliphatic hydroxyl groups is 1. The van der Waals surface area contributed by atoms with Gasteiger partial charge < -0.3 is 15.2 Å². The van der Waals surface area contributed by atoms with E-state index in [0.29, 0.717) is 25.1 Å². The Morgan fingerprint density at radius 1 is 1.45 bits per heavy atom. The van der Waals surface area contributed by atoms with E-state index in [1.165, 1.54) is 0 Å². The molecule has 0 radical (unpaired) electrons. The third-order valence-corrected chi connectivity index (χ3v) is 2.76. The van der Waals surface area contributed by atoms with Crippen molar-refractivity contribution in [1.82, 2.24) is 5.32 Å². The Hall–Kier alpha value is -1.83. The molecule has 4 nitrogen and oxygen atoms in total. The van der Waals surface area contributed by atoms with E-state index in [4.69, 9.17) is 9.84 Å². The minimum absolute atomic E-state index is 0.0473. The highest BCUT2D eigenvalue weighted by molar-refractivity contribution is 5.96. The van der Waals surface area contributed by atoms with E-state index >= 15 is 0 Å². The van der Waals surface area contributed by atoms with Crippen molar-refractivity contribution in [2.75, 3.05) is 26.9 Å². The molecule has 1 rings (SSSR count). The molecule has 0 unspecified atom stereocenters. The van der Waals surface area contributed by atoms with E-state index in [1.807, 2.05) is 19.1 Å². The number of amides is 1. The molecule has 0 aliphatic carbocycles. The summed E-state index contributed by atoms with van der Waals surface area (Å²) >= 11 is 0. The van der Waals surface area contributed by atoms with E-state index in [9.17, 15) is 4.79 Å². The summed E-state index contributed by atoms with van der Waals surface area (Å²) in [4.78, 5) is 12.1. The number of methoxy groups -OCH3 is 1. The lowest BCUT2D eigenvalue weighted by molar-refractivity contribution is 0.0948. The van der Waals surface area contributed by atoms with Crippen molar-refractivity contribution >= 4 is 5.91 Å². The molecule has 1 aromatic carbocycles. The fourth-order valence-electron chi connectivity index (χ4n) is 1.68. The van der Waals surface area contributed by atoms with Gasteiger partial charge in [-0.25, -0.2) is 0 Å². The zero-order valence-electron chi connectivity index (χ0n) is 12.0. The van der Waals surface area contributed by atoms with Crippen LogP contribution in [0.25, 0.3) is 0 Å². The zero-order valence-corrected chi connectivity index (χ0v) is 12.0.